The van der Waals surface area contributed by atoms with E-state index in [2.05, 4.69) is 41.3 Å². The van der Waals surface area contributed by atoms with Crippen molar-refractivity contribution < 1.29 is 4.79 Å². The van der Waals surface area contributed by atoms with E-state index in [4.69, 9.17) is 5.73 Å². The van der Waals surface area contributed by atoms with Gasteiger partial charge in [-0.05, 0) is 16.7 Å². The van der Waals surface area contributed by atoms with Gasteiger partial charge < -0.3 is 5.73 Å². The highest BCUT2D eigenvalue weighted by Crippen LogP contribution is 2.47. The summed E-state index contributed by atoms with van der Waals surface area (Å²) in [4.78, 5) is 14.1. The van der Waals surface area contributed by atoms with Crippen LogP contribution < -0.4 is 5.73 Å². The van der Waals surface area contributed by atoms with Crippen molar-refractivity contribution >= 4 is 5.91 Å². The topological polar surface area (TPSA) is 46.1 Å². The van der Waals surface area contributed by atoms with Gasteiger partial charge in [0.25, 0.3) is 0 Å². The number of hydrogen-bond acceptors (Lipinski definition) is 2. The van der Waals surface area contributed by atoms with Gasteiger partial charge in [-0.1, -0.05) is 91.0 Å². The van der Waals surface area contributed by atoms with Gasteiger partial charge in [0.15, 0.2) is 0 Å². The van der Waals surface area contributed by atoms with Gasteiger partial charge in [0.1, 0.15) is 6.04 Å². The van der Waals surface area contributed by atoms with Crippen molar-refractivity contribution in [1.29, 1.82) is 0 Å². The second-order valence-electron chi connectivity index (χ2n) is 6.38. The summed E-state index contributed by atoms with van der Waals surface area (Å²) in [6.07, 6.45) is 0. The van der Waals surface area contributed by atoms with Crippen LogP contribution in [0.5, 0.6) is 0 Å². The van der Waals surface area contributed by atoms with Crippen molar-refractivity contribution in [2.75, 3.05) is 6.54 Å². The fraction of sp³-hybridized carbons (Fsp3) is 0.136. The SMILES string of the molecule is NC(=O)[C@@H]1CN1C(c1ccccc1)(c1ccccc1)c1ccccc1. The van der Waals surface area contributed by atoms with E-state index in [0.717, 1.165) is 16.7 Å². The van der Waals surface area contributed by atoms with E-state index in [9.17, 15) is 4.79 Å². The van der Waals surface area contributed by atoms with Crippen LogP contribution in [0.4, 0.5) is 0 Å². The van der Waals surface area contributed by atoms with E-state index in [1.807, 2.05) is 54.6 Å². The maximum Gasteiger partial charge on any atom is 0.236 e. The molecule has 1 unspecified atom stereocenters. The zero-order valence-corrected chi connectivity index (χ0v) is 13.9. The average Bonchev–Trinajstić information content (AvgIpc) is 3.47. The first-order chi connectivity index (χ1) is 12.2. The average molecular weight is 328 g/mol. The van der Waals surface area contributed by atoms with Gasteiger partial charge >= 0.3 is 0 Å². The summed E-state index contributed by atoms with van der Waals surface area (Å²) in [6.45, 7) is 0.661. The Morgan fingerprint density at radius 3 is 1.40 bits per heavy atom. The predicted molar refractivity (Wildman–Crippen MR) is 98.9 cm³/mol. The fourth-order valence-corrected chi connectivity index (χ4v) is 3.79. The molecule has 0 bridgehead atoms. The van der Waals surface area contributed by atoms with Gasteiger partial charge in [0.2, 0.25) is 5.91 Å². The Morgan fingerprint density at radius 2 is 1.12 bits per heavy atom. The number of primary amides is 1. The number of hydrogen-bond donors (Lipinski definition) is 1. The molecule has 4 rings (SSSR count). The highest BCUT2D eigenvalue weighted by Gasteiger charge is 2.55. The van der Waals surface area contributed by atoms with Crippen LogP contribution >= 0.6 is 0 Å². The van der Waals surface area contributed by atoms with E-state index < -0.39 is 5.54 Å². The molecule has 1 aliphatic heterocycles. The van der Waals surface area contributed by atoms with Gasteiger partial charge in [-0.3, -0.25) is 9.69 Å². The highest BCUT2D eigenvalue weighted by atomic mass is 16.1. The predicted octanol–water partition coefficient (Wildman–Crippen LogP) is 3.15. The largest absolute Gasteiger partial charge is 0.368 e. The van der Waals surface area contributed by atoms with Crippen LogP contribution in [0.3, 0.4) is 0 Å². The van der Waals surface area contributed by atoms with Gasteiger partial charge in [-0.25, -0.2) is 0 Å². The first-order valence-electron chi connectivity index (χ1n) is 8.47. The second-order valence-corrected chi connectivity index (χ2v) is 6.38. The maximum atomic E-state index is 11.9. The van der Waals surface area contributed by atoms with Gasteiger partial charge in [-0.15, -0.1) is 0 Å². The molecule has 1 aliphatic rings. The van der Waals surface area contributed by atoms with Crippen molar-refractivity contribution in [3.8, 4) is 0 Å². The molecule has 0 radical (unpaired) electrons. The number of benzene rings is 3. The third-order valence-electron chi connectivity index (χ3n) is 4.95. The van der Waals surface area contributed by atoms with E-state index in [1.165, 1.54) is 0 Å². The molecule has 3 nitrogen and oxygen atoms in total. The van der Waals surface area contributed by atoms with Crippen molar-refractivity contribution in [2.24, 2.45) is 5.73 Å². The molecule has 1 fully saturated rings. The first-order valence-corrected chi connectivity index (χ1v) is 8.47. The molecular formula is C22H20N2O. The molecule has 3 aromatic carbocycles. The Labute approximate surface area is 147 Å². The lowest BCUT2D eigenvalue weighted by Crippen LogP contribution is -2.40. The zero-order chi connectivity index (χ0) is 17.3. The lowest BCUT2D eigenvalue weighted by molar-refractivity contribution is -0.118. The molecule has 1 saturated heterocycles. The Morgan fingerprint density at radius 1 is 0.760 bits per heavy atom. The van der Waals surface area contributed by atoms with Crippen molar-refractivity contribution in [3.05, 3.63) is 108 Å². The summed E-state index contributed by atoms with van der Waals surface area (Å²) in [5.74, 6) is -0.271. The van der Waals surface area contributed by atoms with Crippen LogP contribution in [-0.4, -0.2) is 23.4 Å². The normalized spacial score (nSPS) is 19.4. The van der Waals surface area contributed by atoms with Crippen LogP contribution in [0.2, 0.25) is 0 Å². The highest BCUT2D eigenvalue weighted by molar-refractivity contribution is 5.83. The minimum atomic E-state index is -0.524. The number of nitrogens with zero attached hydrogens (tertiary/aromatic N) is 1. The van der Waals surface area contributed by atoms with Gasteiger partial charge in [-0.2, -0.15) is 0 Å². The standard InChI is InChI=1S/C22H20N2O/c23-21(25)20-16-24(20)22(17-10-4-1-5-11-17,18-12-6-2-7-13-18)19-14-8-3-9-15-19/h1-15,20H,16H2,(H2,23,25)/t20-,24?/m0/s1. The molecule has 3 heteroatoms. The van der Waals surface area contributed by atoms with Crippen LogP contribution in [-0.2, 0) is 10.3 Å². The third kappa shape index (κ3) is 2.53. The number of nitrogens with two attached hydrogens (primary N) is 1. The van der Waals surface area contributed by atoms with E-state index in [1.54, 1.807) is 0 Å². The molecular weight excluding hydrogens is 308 g/mol. The van der Waals surface area contributed by atoms with E-state index in [0.29, 0.717) is 6.54 Å². The summed E-state index contributed by atoms with van der Waals surface area (Å²) in [6, 6.07) is 30.8. The fourth-order valence-electron chi connectivity index (χ4n) is 3.79. The minimum Gasteiger partial charge on any atom is -0.368 e. The van der Waals surface area contributed by atoms with Crippen LogP contribution in [0.25, 0.3) is 0 Å². The number of carbonyl (C=O) groups excluding carboxylic acids is 1. The van der Waals surface area contributed by atoms with Crippen LogP contribution in [0, 0.1) is 0 Å². The van der Waals surface area contributed by atoms with Crippen LogP contribution in [0.1, 0.15) is 16.7 Å². The third-order valence-corrected chi connectivity index (χ3v) is 4.95. The molecule has 3 aromatic rings. The van der Waals surface area contributed by atoms with E-state index in [-0.39, 0.29) is 11.9 Å². The molecule has 0 aliphatic carbocycles. The monoisotopic (exact) mass is 328 g/mol. The minimum absolute atomic E-state index is 0.249. The first kappa shape index (κ1) is 15.6. The molecule has 2 atom stereocenters. The molecule has 0 saturated carbocycles. The Kier molecular flexibility index (Phi) is 3.86. The lowest BCUT2D eigenvalue weighted by Gasteiger charge is -2.38. The molecule has 1 heterocycles. The summed E-state index contributed by atoms with van der Waals surface area (Å²) < 4.78 is 0. The smallest absolute Gasteiger partial charge is 0.236 e. The number of carbonyl (C=O) groups is 1. The van der Waals surface area contributed by atoms with Gasteiger partial charge in [0.05, 0.1) is 5.54 Å². The maximum absolute atomic E-state index is 11.9. The van der Waals surface area contributed by atoms with Gasteiger partial charge in [0, 0.05) is 6.54 Å². The Hall–Kier alpha value is -2.91. The summed E-state index contributed by atoms with van der Waals surface area (Å²) in [7, 11) is 0. The summed E-state index contributed by atoms with van der Waals surface area (Å²) in [5, 5.41) is 0. The summed E-state index contributed by atoms with van der Waals surface area (Å²) in [5.41, 5.74) is 8.52. The molecule has 124 valence electrons. The quantitative estimate of drug-likeness (QED) is 0.578. The molecule has 0 aromatic heterocycles. The molecule has 2 N–H and O–H groups in total. The lowest BCUT2D eigenvalue weighted by atomic mass is 9.76. The van der Waals surface area contributed by atoms with Crippen molar-refractivity contribution in [1.82, 2.24) is 4.90 Å². The molecule has 0 spiro atoms. The van der Waals surface area contributed by atoms with E-state index >= 15 is 0 Å². The van der Waals surface area contributed by atoms with Crippen molar-refractivity contribution in [3.63, 3.8) is 0 Å². The zero-order valence-electron chi connectivity index (χ0n) is 13.9. The second kappa shape index (κ2) is 6.19. The van der Waals surface area contributed by atoms with Crippen LogP contribution in [0.15, 0.2) is 91.0 Å². The Bertz CT molecular complexity index is 766. The van der Waals surface area contributed by atoms with Crippen molar-refractivity contribution in [2.45, 2.75) is 11.6 Å². The number of amides is 1. The Balaban J connectivity index is 2.01. The molecule has 1 amide bonds. The number of rotatable bonds is 5. The molecule has 25 heavy (non-hydrogen) atoms. The summed E-state index contributed by atoms with van der Waals surface area (Å²) >= 11 is 0.